The van der Waals surface area contributed by atoms with E-state index in [1.807, 2.05) is 6.08 Å². The van der Waals surface area contributed by atoms with Gasteiger partial charge in [-0.05, 0) is 11.1 Å². The predicted octanol–water partition coefficient (Wildman–Crippen LogP) is 2.11. The Morgan fingerprint density at radius 3 is 2.78 bits per heavy atom. The van der Waals surface area contributed by atoms with Gasteiger partial charge in [0, 0.05) is 7.11 Å². The van der Waals surface area contributed by atoms with Crippen LogP contribution in [0.15, 0.2) is 49.6 Å². The summed E-state index contributed by atoms with van der Waals surface area (Å²) in [6, 6.07) is 8.45. The number of imidazole rings is 1. The normalized spacial score (nSPS) is 10.5. The Morgan fingerprint density at radius 2 is 2.11 bits per heavy atom. The summed E-state index contributed by atoms with van der Waals surface area (Å²) in [7, 11) is 1.72. The topological polar surface area (TPSA) is 18.0 Å². The van der Waals surface area contributed by atoms with Crippen LogP contribution in [0, 0.1) is 0 Å². The van der Waals surface area contributed by atoms with Gasteiger partial charge < -0.3 is 4.74 Å². The van der Waals surface area contributed by atoms with Crippen molar-refractivity contribution < 1.29 is 9.30 Å². The molecule has 0 atom stereocenters. The summed E-state index contributed by atoms with van der Waals surface area (Å²) < 4.78 is 9.35. The fourth-order valence-electron chi connectivity index (χ4n) is 1.83. The van der Waals surface area contributed by atoms with Crippen molar-refractivity contribution in [1.29, 1.82) is 0 Å². The van der Waals surface area contributed by atoms with Gasteiger partial charge in [0.2, 0.25) is 6.33 Å². The molecule has 0 aliphatic heterocycles. The van der Waals surface area contributed by atoms with E-state index in [0.717, 1.165) is 25.3 Å². The maximum atomic E-state index is 5.06. The Bertz CT molecular complexity index is 499. The largest absolute Gasteiger partial charge is 0.381 e. The third-order valence-corrected chi connectivity index (χ3v) is 2.88. The number of hydrogen-bond donors (Lipinski definition) is 0. The first-order valence-electron chi connectivity index (χ1n) is 6.07. The second-order valence-corrected chi connectivity index (χ2v) is 4.26. The molecule has 18 heavy (non-hydrogen) atoms. The highest BCUT2D eigenvalue weighted by atomic mass is 16.5. The van der Waals surface area contributed by atoms with Crippen LogP contribution < -0.4 is 4.57 Å². The first kappa shape index (κ1) is 12.6. The van der Waals surface area contributed by atoms with Crippen LogP contribution in [0.4, 0.5) is 0 Å². The number of hydrogen-bond acceptors (Lipinski definition) is 1. The summed E-state index contributed by atoms with van der Waals surface area (Å²) in [6.45, 7) is 6.27. The first-order valence-corrected chi connectivity index (χ1v) is 6.07. The molecule has 0 saturated carbocycles. The highest BCUT2D eigenvalue weighted by molar-refractivity contribution is 5.47. The lowest BCUT2D eigenvalue weighted by molar-refractivity contribution is -0.687. The van der Waals surface area contributed by atoms with Crippen molar-refractivity contribution >= 4 is 6.08 Å². The van der Waals surface area contributed by atoms with Crippen molar-refractivity contribution in [3.63, 3.8) is 0 Å². The minimum absolute atomic E-state index is 0.739. The predicted molar refractivity (Wildman–Crippen MR) is 72.1 cm³/mol. The van der Waals surface area contributed by atoms with Crippen LogP contribution in [0.2, 0.25) is 0 Å². The number of benzene rings is 1. The molecule has 0 N–H and O–H groups in total. The molecular weight excluding hydrogens is 224 g/mol. The lowest BCUT2D eigenvalue weighted by Gasteiger charge is -1.99. The van der Waals surface area contributed by atoms with E-state index >= 15 is 0 Å². The quantitative estimate of drug-likeness (QED) is 0.711. The van der Waals surface area contributed by atoms with Crippen LogP contribution in [0.3, 0.4) is 0 Å². The molecular formula is C15H19N2O+. The molecule has 0 spiro atoms. The number of ether oxygens (including phenoxy) is 1. The van der Waals surface area contributed by atoms with Gasteiger partial charge in [0.05, 0.1) is 6.61 Å². The van der Waals surface area contributed by atoms with E-state index in [-0.39, 0.29) is 0 Å². The fourth-order valence-corrected chi connectivity index (χ4v) is 1.83. The van der Waals surface area contributed by atoms with Crippen molar-refractivity contribution in [2.24, 2.45) is 0 Å². The van der Waals surface area contributed by atoms with E-state index in [2.05, 4.69) is 58.7 Å². The minimum atomic E-state index is 0.739. The molecule has 0 aliphatic rings. The summed E-state index contributed by atoms with van der Waals surface area (Å²) in [5.74, 6) is 0. The van der Waals surface area contributed by atoms with Crippen molar-refractivity contribution in [2.45, 2.75) is 13.1 Å². The Morgan fingerprint density at radius 1 is 1.33 bits per heavy atom. The Labute approximate surface area is 108 Å². The van der Waals surface area contributed by atoms with Gasteiger partial charge in [0.25, 0.3) is 0 Å². The van der Waals surface area contributed by atoms with Crippen LogP contribution in [0.1, 0.15) is 11.1 Å². The number of methoxy groups -OCH3 is 1. The van der Waals surface area contributed by atoms with E-state index in [1.54, 1.807) is 7.11 Å². The molecule has 2 aromatic rings. The monoisotopic (exact) mass is 243 g/mol. The summed E-state index contributed by atoms with van der Waals surface area (Å²) in [5, 5.41) is 0. The van der Waals surface area contributed by atoms with Gasteiger partial charge in [-0.15, -0.1) is 0 Å². The minimum Gasteiger partial charge on any atom is -0.381 e. The van der Waals surface area contributed by atoms with Gasteiger partial charge >= 0.3 is 0 Å². The van der Waals surface area contributed by atoms with Crippen LogP contribution in [0.25, 0.3) is 6.08 Å². The maximum Gasteiger partial charge on any atom is 0.244 e. The summed E-state index contributed by atoms with van der Waals surface area (Å²) in [6.07, 6.45) is 8.10. The SMILES string of the molecule is C=Cc1ccc(C[n+]2ccn(CCOC)c2)cc1. The third kappa shape index (κ3) is 3.31. The molecule has 0 unspecified atom stereocenters. The van der Waals surface area contributed by atoms with Gasteiger partial charge in [-0.1, -0.05) is 36.9 Å². The second kappa shape index (κ2) is 6.17. The molecule has 0 bridgehead atoms. The molecule has 0 amide bonds. The van der Waals surface area contributed by atoms with E-state index in [4.69, 9.17) is 4.74 Å². The zero-order valence-electron chi connectivity index (χ0n) is 10.7. The smallest absolute Gasteiger partial charge is 0.244 e. The molecule has 1 heterocycles. The van der Waals surface area contributed by atoms with Gasteiger partial charge in [-0.2, -0.15) is 0 Å². The molecule has 1 aromatic carbocycles. The van der Waals surface area contributed by atoms with Crippen LogP contribution in [-0.4, -0.2) is 18.3 Å². The Hall–Kier alpha value is -1.87. The van der Waals surface area contributed by atoms with E-state index in [1.165, 1.54) is 5.56 Å². The number of rotatable bonds is 6. The fraction of sp³-hybridized carbons (Fsp3) is 0.267. The summed E-state index contributed by atoms with van der Waals surface area (Å²) in [5.41, 5.74) is 2.44. The van der Waals surface area contributed by atoms with E-state index in [9.17, 15) is 0 Å². The lowest BCUT2D eigenvalue weighted by atomic mass is 10.1. The maximum absolute atomic E-state index is 5.06. The molecule has 3 heteroatoms. The average Bonchev–Trinajstić information content (AvgIpc) is 2.85. The lowest BCUT2D eigenvalue weighted by Crippen LogP contribution is -2.31. The number of nitrogens with zero attached hydrogens (tertiary/aromatic N) is 2. The van der Waals surface area contributed by atoms with Crippen molar-refractivity contribution in [3.05, 3.63) is 60.7 Å². The molecule has 3 nitrogen and oxygen atoms in total. The highest BCUT2D eigenvalue weighted by Crippen LogP contribution is 2.05. The van der Waals surface area contributed by atoms with Crippen LogP contribution in [-0.2, 0) is 17.8 Å². The molecule has 2 rings (SSSR count). The van der Waals surface area contributed by atoms with E-state index < -0.39 is 0 Å². The van der Waals surface area contributed by atoms with Gasteiger partial charge in [-0.25, -0.2) is 9.13 Å². The number of aromatic nitrogens is 2. The zero-order valence-corrected chi connectivity index (χ0v) is 10.7. The van der Waals surface area contributed by atoms with Crippen molar-refractivity contribution in [1.82, 2.24) is 4.57 Å². The van der Waals surface area contributed by atoms with Crippen molar-refractivity contribution in [3.8, 4) is 0 Å². The highest BCUT2D eigenvalue weighted by Gasteiger charge is 2.04. The second-order valence-electron chi connectivity index (χ2n) is 4.26. The Balaban J connectivity index is 1.99. The molecule has 0 radical (unpaired) electrons. The summed E-state index contributed by atoms with van der Waals surface area (Å²) in [4.78, 5) is 0. The molecule has 0 saturated heterocycles. The standard InChI is InChI=1S/C15H19N2O/c1-3-14-4-6-15(7-5-14)12-17-9-8-16(13-17)10-11-18-2/h3-9,13H,1,10-12H2,2H3/q+1. The summed E-state index contributed by atoms with van der Waals surface area (Å²) >= 11 is 0. The molecule has 94 valence electrons. The first-order chi connectivity index (χ1) is 8.81. The molecule has 0 fully saturated rings. The Kier molecular flexibility index (Phi) is 4.31. The zero-order chi connectivity index (χ0) is 12.8. The van der Waals surface area contributed by atoms with Gasteiger partial charge in [0.1, 0.15) is 25.5 Å². The molecule has 0 aliphatic carbocycles. The van der Waals surface area contributed by atoms with Gasteiger partial charge in [0.15, 0.2) is 0 Å². The van der Waals surface area contributed by atoms with Crippen molar-refractivity contribution in [2.75, 3.05) is 13.7 Å². The average molecular weight is 243 g/mol. The van der Waals surface area contributed by atoms with E-state index in [0.29, 0.717) is 0 Å². The van der Waals surface area contributed by atoms with Gasteiger partial charge in [-0.3, -0.25) is 0 Å². The van der Waals surface area contributed by atoms with Crippen LogP contribution >= 0.6 is 0 Å². The van der Waals surface area contributed by atoms with Crippen LogP contribution in [0.5, 0.6) is 0 Å². The molecule has 1 aromatic heterocycles. The third-order valence-electron chi connectivity index (χ3n) is 2.88.